The molecule has 0 aliphatic rings. The first-order valence-electron chi connectivity index (χ1n) is 6.11. The maximum absolute atomic E-state index is 13.4. The van der Waals surface area contributed by atoms with Crippen molar-refractivity contribution in [3.05, 3.63) is 58.7 Å². The number of esters is 1. The summed E-state index contributed by atoms with van der Waals surface area (Å²) in [6.07, 6.45) is 0.135. The molecule has 0 aliphatic carbocycles. The Kier molecular flexibility index (Phi) is 4.60. The Bertz CT molecular complexity index is 750. The van der Waals surface area contributed by atoms with E-state index in [2.05, 4.69) is 9.72 Å². The highest BCUT2D eigenvalue weighted by molar-refractivity contribution is 5.89. The summed E-state index contributed by atoms with van der Waals surface area (Å²) in [6.45, 7) is 1.38. The number of carbonyl (C=O) groups is 1. The first kappa shape index (κ1) is 16.8. The molecule has 1 aromatic carbocycles. The maximum Gasteiger partial charge on any atom is 0.362 e. The molecule has 2 aromatic rings. The minimum Gasteiger partial charge on any atom is -0.415 e. The third-order valence-corrected chi connectivity index (χ3v) is 2.84. The van der Waals surface area contributed by atoms with Crippen LogP contribution in [0.2, 0.25) is 0 Å². The van der Waals surface area contributed by atoms with Gasteiger partial charge < -0.3 is 9.84 Å². The van der Waals surface area contributed by atoms with Crippen molar-refractivity contribution in [2.24, 2.45) is 0 Å². The highest BCUT2D eigenvalue weighted by atomic mass is 19.2. The molecule has 1 heterocycles. The van der Waals surface area contributed by atoms with Crippen LogP contribution in [-0.4, -0.2) is 16.1 Å². The number of halogens is 5. The Morgan fingerprint density at radius 2 is 1.61 bits per heavy atom. The van der Waals surface area contributed by atoms with Gasteiger partial charge in [-0.3, -0.25) is 0 Å². The van der Waals surface area contributed by atoms with Crippen LogP contribution >= 0.6 is 0 Å². The topological polar surface area (TPSA) is 59.4 Å². The highest BCUT2D eigenvalue weighted by Crippen LogP contribution is 2.29. The number of hydrogen-bond acceptors (Lipinski definition) is 4. The average molecular weight is 333 g/mol. The van der Waals surface area contributed by atoms with Crippen molar-refractivity contribution in [1.29, 1.82) is 0 Å². The molecule has 1 aromatic heterocycles. The van der Waals surface area contributed by atoms with E-state index in [4.69, 9.17) is 0 Å². The van der Waals surface area contributed by atoms with Crippen LogP contribution in [0, 0.1) is 29.1 Å². The third kappa shape index (κ3) is 3.14. The van der Waals surface area contributed by atoms with E-state index < -0.39 is 52.6 Å². The number of aliphatic hydroxyl groups is 1. The molecular weight excluding hydrogens is 325 g/mol. The molecule has 1 unspecified atom stereocenters. The summed E-state index contributed by atoms with van der Waals surface area (Å²) in [6, 6.07) is 2.42. The summed E-state index contributed by atoms with van der Waals surface area (Å²) < 4.78 is 70.0. The van der Waals surface area contributed by atoms with Crippen LogP contribution in [0.1, 0.15) is 29.1 Å². The van der Waals surface area contributed by atoms with Crippen molar-refractivity contribution in [2.45, 2.75) is 13.0 Å². The minimum atomic E-state index is -2.37. The Labute approximate surface area is 126 Å². The molecule has 0 amide bonds. The van der Waals surface area contributed by atoms with Crippen molar-refractivity contribution < 1.29 is 36.6 Å². The smallest absolute Gasteiger partial charge is 0.362 e. The van der Waals surface area contributed by atoms with E-state index in [1.165, 1.54) is 13.0 Å². The van der Waals surface area contributed by atoms with E-state index >= 15 is 0 Å². The van der Waals surface area contributed by atoms with Crippen LogP contribution in [-0.2, 0) is 0 Å². The molecule has 1 N–H and O–H groups in total. The standard InChI is InChI=1S/C14H8F5NO3/c1-5(21)6-2-3-20-7(4-6)14(22)23-13-11(18)9(16)8(15)10(17)12(13)19/h2-5,21H,1H3. The van der Waals surface area contributed by atoms with E-state index in [0.29, 0.717) is 0 Å². The van der Waals surface area contributed by atoms with Crippen LogP contribution in [0.5, 0.6) is 5.75 Å². The van der Waals surface area contributed by atoms with Gasteiger partial charge in [0.05, 0.1) is 6.10 Å². The van der Waals surface area contributed by atoms with Gasteiger partial charge in [-0.15, -0.1) is 0 Å². The van der Waals surface area contributed by atoms with Crippen LogP contribution in [0.15, 0.2) is 18.3 Å². The summed E-state index contributed by atoms with van der Waals surface area (Å²) in [5.41, 5.74) is -0.239. The van der Waals surface area contributed by atoms with Crippen molar-refractivity contribution >= 4 is 5.97 Å². The molecule has 9 heteroatoms. The number of rotatable bonds is 3. The molecule has 0 bridgehead atoms. The molecule has 0 saturated carbocycles. The predicted octanol–water partition coefficient (Wildman–Crippen LogP) is 3.05. The van der Waals surface area contributed by atoms with Gasteiger partial charge in [-0.25, -0.2) is 22.9 Å². The first-order valence-corrected chi connectivity index (χ1v) is 6.11. The maximum atomic E-state index is 13.4. The predicted molar refractivity (Wildman–Crippen MR) is 66.1 cm³/mol. The van der Waals surface area contributed by atoms with Gasteiger partial charge in [0.2, 0.25) is 34.8 Å². The van der Waals surface area contributed by atoms with E-state index in [1.807, 2.05) is 0 Å². The Morgan fingerprint density at radius 3 is 2.13 bits per heavy atom. The van der Waals surface area contributed by atoms with E-state index in [9.17, 15) is 31.9 Å². The van der Waals surface area contributed by atoms with E-state index in [-0.39, 0.29) is 5.56 Å². The molecule has 2 rings (SSSR count). The Balaban J connectivity index is 2.40. The summed E-state index contributed by atoms with van der Waals surface area (Å²) in [5, 5.41) is 9.37. The molecule has 0 saturated heterocycles. The summed E-state index contributed by atoms with van der Waals surface area (Å²) in [5.74, 6) is -14.6. The summed E-state index contributed by atoms with van der Waals surface area (Å²) in [4.78, 5) is 15.3. The SMILES string of the molecule is CC(O)c1ccnc(C(=O)Oc2c(F)c(F)c(F)c(F)c2F)c1. The molecule has 0 aliphatic heterocycles. The fourth-order valence-electron chi connectivity index (χ4n) is 1.64. The first-order chi connectivity index (χ1) is 10.7. The minimum absolute atomic E-state index is 0.240. The van der Waals surface area contributed by atoms with Gasteiger partial charge in [0.25, 0.3) is 0 Å². The van der Waals surface area contributed by atoms with Crippen LogP contribution in [0.4, 0.5) is 22.0 Å². The molecule has 23 heavy (non-hydrogen) atoms. The average Bonchev–Trinajstić information content (AvgIpc) is 2.55. The number of pyridine rings is 1. The molecule has 0 fully saturated rings. The van der Waals surface area contributed by atoms with Crippen molar-refractivity contribution in [3.8, 4) is 5.75 Å². The number of hydrogen-bond donors (Lipinski definition) is 1. The van der Waals surface area contributed by atoms with E-state index in [1.54, 1.807) is 0 Å². The lowest BCUT2D eigenvalue weighted by Gasteiger charge is -2.09. The fraction of sp³-hybridized carbons (Fsp3) is 0.143. The molecule has 1 atom stereocenters. The van der Waals surface area contributed by atoms with Gasteiger partial charge >= 0.3 is 5.97 Å². The van der Waals surface area contributed by atoms with Crippen molar-refractivity contribution in [1.82, 2.24) is 4.98 Å². The van der Waals surface area contributed by atoms with E-state index in [0.717, 1.165) is 12.3 Å². The summed E-state index contributed by atoms with van der Waals surface area (Å²) >= 11 is 0. The summed E-state index contributed by atoms with van der Waals surface area (Å²) in [7, 11) is 0. The molecule has 4 nitrogen and oxygen atoms in total. The Morgan fingerprint density at radius 1 is 1.09 bits per heavy atom. The highest BCUT2D eigenvalue weighted by Gasteiger charge is 2.29. The van der Waals surface area contributed by atoms with Crippen LogP contribution < -0.4 is 4.74 Å². The third-order valence-electron chi connectivity index (χ3n) is 2.84. The Hall–Kier alpha value is -2.55. The fourth-order valence-corrected chi connectivity index (χ4v) is 1.64. The molecule has 0 radical (unpaired) electrons. The van der Waals surface area contributed by atoms with Gasteiger partial charge in [0.1, 0.15) is 5.69 Å². The monoisotopic (exact) mass is 333 g/mol. The molecular formula is C14H8F5NO3. The van der Waals surface area contributed by atoms with Gasteiger partial charge in [-0.2, -0.15) is 8.78 Å². The number of aliphatic hydroxyl groups excluding tert-OH is 1. The zero-order valence-corrected chi connectivity index (χ0v) is 11.4. The molecule has 122 valence electrons. The van der Waals surface area contributed by atoms with Gasteiger partial charge in [0.15, 0.2) is 0 Å². The number of nitrogens with zero attached hydrogens (tertiary/aromatic N) is 1. The number of carbonyl (C=O) groups excluding carboxylic acids is 1. The van der Waals surface area contributed by atoms with Crippen LogP contribution in [0.3, 0.4) is 0 Å². The van der Waals surface area contributed by atoms with Gasteiger partial charge in [-0.1, -0.05) is 0 Å². The normalized spacial score (nSPS) is 12.1. The van der Waals surface area contributed by atoms with Crippen molar-refractivity contribution in [2.75, 3.05) is 0 Å². The van der Waals surface area contributed by atoms with Gasteiger partial charge in [0, 0.05) is 6.20 Å². The van der Waals surface area contributed by atoms with Crippen molar-refractivity contribution in [3.63, 3.8) is 0 Å². The lowest BCUT2D eigenvalue weighted by Crippen LogP contribution is -2.15. The second-order valence-corrected chi connectivity index (χ2v) is 4.44. The lowest BCUT2D eigenvalue weighted by molar-refractivity contribution is 0.0709. The quantitative estimate of drug-likeness (QED) is 0.308. The lowest BCUT2D eigenvalue weighted by atomic mass is 10.1. The number of aromatic nitrogens is 1. The van der Waals surface area contributed by atoms with Gasteiger partial charge in [-0.05, 0) is 24.6 Å². The molecule has 0 spiro atoms. The second-order valence-electron chi connectivity index (χ2n) is 4.44. The number of benzene rings is 1. The largest absolute Gasteiger partial charge is 0.415 e. The zero-order chi connectivity index (χ0) is 17.3. The zero-order valence-electron chi connectivity index (χ0n) is 11.4. The number of ether oxygens (including phenoxy) is 1. The van der Waals surface area contributed by atoms with Crippen LogP contribution in [0.25, 0.3) is 0 Å². The second kappa shape index (κ2) is 6.29.